The van der Waals surface area contributed by atoms with Crippen molar-refractivity contribution < 1.29 is 0 Å². The summed E-state index contributed by atoms with van der Waals surface area (Å²) in [5.41, 5.74) is 5.82. The summed E-state index contributed by atoms with van der Waals surface area (Å²) in [7, 11) is 0. The van der Waals surface area contributed by atoms with Gasteiger partial charge in [0.2, 0.25) is 0 Å². The molecule has 0 aromatic rings. The Balaban J connectivity index is 1.40. The summed E-state index contributed by atoms with van der Waals surface area (Å²) in [6.07, 6.45) is 5.72. The highest BCUT2D eigenvalue weighted by Gasteiger charge is 2.33. The molecule has 0 radical (unpaired) electrons. The molecule has 0 atom stereocenters. The lowest BCUT2D eigenvalue weighted by Crippen LogP contribution is -2.61. The van der Waals surface area contributed by atoms with Crippen LogP contribution in [0.15, 0.2) is 0 Å². The number of nitrogens with zero attached hydrogens (tertiary/aromatic N) is 2. The van der Waals surface area contributed by atoms with Crippen molar-refractivity contribution in [2.24, 2.45) is 11.7 Å². The average Bonchev–Trinajstić information content (AvgIpc) is 2.99. The van der Waals surface area contributed by atoms with Gasteiger partial charge in [-0.15, -0.1) is 0 Å². The average molecular weight is 209 g/mol. The highest BCUT2D eigenvalue weighted by molar-refractivity contribution is 4.91. The number of nitrogens with two attached hydrogens (primary N) is 1. The van der Waals surface area contributed by atoms with Crippen LogP contribution in [0.4, 0.5) is 0 Å². The fourth-order valence-corrected chi connectivity index (χ4v) is 2.98. The van der Waals surface area contributed by atoms with Crippen LogP contribution in [-0.4, -0.2) is 54.6 Å². The molecule has 1 saturated carbocycles. The van der Waals surface area contributed by atoms with Crippen LogP contribution in [-0.2, 0) is 0 Å². The van der Waals surface area contributed by atoms with Crippen LogP contribution < -0.4 is 5.73 Å². The maximum atomic E-state index is 5.82. The Labute approximate surface area is 92.6 Å². The van der Waals surface area contributed by atoms with Gasteiger partial charge in [-0.3, -0.25) is 4.90 Å². The zero-order valence-corrected chi connectivity index (χ0v) is 9.57. The number of likely N-dealkylation sites (tertiary alicyclic amines) is 2. The Morgan fingerprint density at radius 1 is 1.00 bits per heavy atom. The SMILES string of the molecule is NC1CN(C2CCN(CC3CC3)CC2)C1. The van der Waals surface area contributed by atoms with E-state index in [1.165, 1.54) is 45.3 Å². The van der Waals surface area contributed by atoms with E-state index in [9.17, 15) is 0 Å². The molecule has 2 N–H and O–H groups in total. The smallest absolute Gasteiger partial charge is 0.0297 e. The lowest BCUT2D eigenvalue weighted by Gasteiger charge is -2.46. The Morgan fingerprint density at radius 2 is 1.67 bits per heavy atom. The molecule has 3 fully saturated rings. The van der Waals surface area contributed by atoms with E-state index in [1.807, 2.05) is 0 Å². The van der Waals surface area contributed by atoms with Gasteiger partial charge in [0.05, 0.1) is 0 Å². The summed E-state index contributed by atoms with van der Waals surface area (Å²) in [6, 6.07) is 1.31. The lowest BCUT2D eigenvalue weighted by atomic mass is 9.98. The Bertz CT molecular complexity index is 213. The van der Waals surface area contributed by atoms with Crippen molar-refractivity contribution in [1.82, 2.24) is 9.80 Å². The Hall–Kier alpha value is -0.120. The second-order valence-corrected chi connectivity index (χ2v) is 5.69. The van der Waals surface area contributed by atoms with E-state index in [2.05, 4.69) is 9.80 Å². The number of piperidine rings is 1. The summed E-state index contributed by atoms with van der Waals surface area (Å²) < 4.78 is 0. The molecule has 3 nitrogen and oxygen atoms in total. The first-order valence-corrected chi connectivity index (χ1v) is 6.53. The summed E-state index contributed by atoms with van der Waals surface area (Å²) in [4.78, 5) is 5.26. The van der Waals surface area contributed by atoms with E-state index in [0.29, 0.717) is 6.04 Å². The monoisotopic (exact) mass is 209 g/mol. The van der Waals surface area contributed by atoms with Crippen molar-refractivity contribution >= 4 is 0 Å². The van der Waals surface area contributed by atoms with Crippen molar-refractivity contribution in [1.29, 1.82) is 0 Å². The molecule has 0 aromatic carbocycles. The molecule has 3 heteroatoms. The molecule has 15 heavy (non-hydrogen) atoms. The van der Waals surface area contributed by atoms with Gasteiger partial charge in [-0.05, 0) is 44.7 Å². The minimum atomic E-state index is 0.467. The number of hydrogen-bond donors (Lipinski definition) is 1. The standard InChI is InChI=1S/C12H23N3/c13-11-8-15(9-11)12-3-5-14(6-4-12)7-10-1-2-10/h10-12H,1-9,13H2. The van der Waals surface area contributed by atoms with E-state index in [4.69, 9.17) is 5.73 Å². The first-order valence-electron chi connectivity index (χ1n) is 6.53. The first kappa shape index (κ1) is 10.1. The van der Waals surface area contributed by atoms with Gasteiger partial charge in [0.15, 0.2) is 0 Å². The van der Waals surface area contributed by atoms with Gasteiger partial charge < -0.3 is 10.6 Å². The molecule has 2 heterocycles. The summed E-state index contributed by atoms with van der Waals surface area (Å²) in [5, 5.41) is 0. The summed E-state index contributed by atoms with van der Waals surface area (Å²) in [6.45, 7) is 6.33. The van der Waals surface area contributed by atoms with E-state index in [-0.39, 0.29) is 0 Å². The van der Waals surface area contributed by atoms with Crippen LogP contribution in [0.1, 0.15) is 25.7 Å². The van der Waals surface area contributed by atoms with Gasteiger partial charge in [0, 0.05) is 31.7 Å². The Kier molecular flexibility index (Phi) is 2.71. The summed E-state index contributed by atoms with van der Waals surface area (Å²) in [5.74, 6) is 1.05. The predicted molar refractivity (Wildman–Crippen MR) is 61.7 cm³/mol. The van der Waals surface area contributed by atoms with Gasteiger partial charge in [-0.2, -0.15) is 0 Å². The van der Waals surface area contributed by atoms with Crippen molar-refractivity contribution in [2.45, 2.75) is 37.8 Å². The normalized spacial score (nSPS) is 31.8. The second kappa shape index (κ2) is 4.04. The van der Waals surface area contributed by atoms with E-state index in [0.717, 1.165) is 25.0 Å². The minimum absolute atomic E-state index is 0.467. The molecule has 0 spiro atoms. The van der Waals surface area contributed by atoms with Gasteiger partial charge in [-0.25, -0.2) is 0 Å². The molecule has 2 saturated heterocycles. The second-order valence-electron chi connectivity index (χ2n) is 5.69. The molecular weight excluding hydrogens is 186 g/mol. The van der Waals surface area contributed by atoms with Crippen LogP contribution in [0.5, 0.6) is 0 Å². The molecule has 2 aliphatic heterocycles. The maximum absolute atomic E-state index is 5.82. The molecule has 86 valence electrons. The highest BCUT2D eigenvalue weighted by Crippen LogP contribution is 2.31. The van der Waals surface area contributed by atoms with E-state index in [1.54, 1.807) is 0 Å². The first-order chi connectivity index (χ1) is 7.31. The van der Waals surface area contributed by atoms with E-state index >= 15 is 0 Å². The van der Waals surface area contributed by atoms with Gasteiger partial charge in [0.25, 0.3) is 0 Å². The largest absolute Gasteiger partial charge is 0.325 e. The third-order valence-electron chi connectivity index (χ3n) is 4.22. The highest BCUT2D eigenvalue weighted by atomic mass is 15.3. The van der Waals surface area contributed by atoms with Crippen molar-refractivity contribution in [3.8, 4) is 0 Å². The molecule has 0 aromatic heterocycles. The lowest BCUT2D eigenvalue weighted by molar-refractivity contribution is 0.0477. The molecule has 3 rings (SSSR count). The van der Waals surface area contributed by atoms with Crippen molar-refractivity contribution in [2.75, 3.05) is 32.7 Å². The van der Waals surface area contributed by atoms with Gasteiger partial charge in [0.1, 0.15) is 0 Å². The predicted octanol–water partition coefficient (Wildman–Crippen LogP) is 0.504. The van der Waals surface area contributed by atoms with Crippen LogP contribution in [0.25, 0.3) is 0 Å². The van der Waals surface area contributed by atoms with Crippen LogP contribution in [0, 0.1) is 5.92 Å². The van der Waals surface area contributed by atoms with Crippen LogP contribution in [0.3, 0.4) is 0 Å². The quantitative estimate of drug-likeness (QED) is 0.735. The zero-order valence-electron chi connectivity index (χ0n) is 9.57. The molecule has 3 aliphatic rings. The fourth-order valence-electron chi connectivity index (χ4n) is 2.98. The third kappa shape index (κ3) is 2.35. The van der Waals surface area contributed by atoms with Gasteiger partial charge in [-0.1, -0.05) is 0 Å². The Morgan fingerprint density at radius 3 is 2.20 bits per heavy atom. The number of hydrogen-bond acceptors (Lipinski definition) is 3. The van der Waals surface area contributed by atoms with E-state index < -0.39 is 0 Å². The van der Waals surface area contributed by atoms with Crippen molar-refractivity contribution in [3.05, 3.63) is 0 Å². The molecule has 0 unspecified atom stereocenters. The maximum Gasteiger partial charge on any atom is 0.0297 e. The van der Waals surface area contributed by atoms with Crippen molar-refractivity contribution in [3.63, 3.8) is 0 Å². The summed E-state index contributed by atoms with van der Waals surface area (Å²) >= 11 is 0. The molecule has 0 bridgehead atoms. The fraction of sp³-hybridized carbons (Fsp3) is 1.00. The minimum Gasteiger partial charge on any atom is -0.325 e. The zero-order chi connectivity index (χ0) is 10.3. The molecule has 1 aliphatic carbocycles. The molecular formula is C12H23N3. The van der Waals surface area contributed by atoms with Gasteiger partial charge >= 0.3 is 0 Å². The third-order valence-corrected chi connectivity index (χ3v) is 4.22. The number of rotatable bonds is 3. The molecule has 0 amide bonds. The van der Waals surface area contributed by atoms with Crippen LogP contribution >= 0.6 is 0 Å². The topological polar surface area (TPSA) is 32.5 Å². The van der Waals surface area contributed by atoms with Crippen LogP contribution in [0.2, 0.25) is 0 Å².